The van der Waals surface area contributed by atoms with Gasteiger partial charge in [-0.25, -0.2) is 0 Å². The van der Waals surface area contributed by atoms with Crippen LogP contribution >= 0.6 is 24.0 Å². The Morgan fingerprint density at radius 1 is 1.08 bits per heavy atom. The average Bonchev–Trinajstić information content (AvgIpc) is 3.02. The second-order valence-corrected chi connectivity index (χ2v) is 7.22. The number of hydrogen-bond donors (Lipinski definition) is 2. The van der Waals surface area contributed by atoms with Gasteiger partial charge in [0, 0.05) is 26.2 Å². The van der Waals surface area contributed by atoms with Gasteiger partial charge in [0.05, 0.1) is 0 Å². The maximum atomic E-state index is 4.35. The molecular weight excluding hydrogens is 435 g/mol. The Balaban J connectivity index is 0.00000243. The standard InChI is InChI=1S/C21H32N4.HI/c1-22-21(24-20-11-4-5-12-20)23-16-18-9-8-10-19(15-18)17-25-13-6-2-3-7-14-25;/h4-5,8-10,15,20H,2-3,6-7,11-14,16-17H2,1H3,(H2,22,23,24);1H. The van der Waals surface area contributed by atoms with Gasteiger partial charge in [0.2, 0.25) is 0 Å². The molecule has 0 spiro atoms. The molecule has 144 valence electrons. The van der Waals surface area contributed by atoms with Gasteiger partial charge in [0.1, 0.15) is 0 Å². The molecule has 5 heteroatoms. The van der Waals surface area contributed by atoms with Gasteiger partial charge in [-0.3, -0.25) is 9.89 Å². The Bertz CT molecular complexity index is 583. The van der Waals surface area contributed by atoms with E-state index in [0.717, 1.165) is 31.9 Å². The van der Waals surface area contributed by atoms with E-state index in [1.54, 1.807) is 0 Å². The molecule has 0 aromatic heterocycles. The zero-order chi connectivity index (χ0) is 17.3. The average molecular weight is 468 g/mol. The summed E-state index contributed by atoms with van der Waals surface area (Å²) in [7, 11) is 1.84. The van der Waals surface area contributed by atoms with Gasteiger partial charge < -0.3 is 10.6 Å². The van der Waals surface area contributed by atoms with Gasteiger partial charge in [-0.15, -0.1) is 24.0 Å². The zero-order valence-electron chi connectivity index (χ0n) is 15.9. The lowest BCUT2D eigenvalue weighted by molar-refractivity contribution is 0.277. The number of halogens is 1. The molecule has 0 atom stereocenters. The maximum Gasteiger partial charge on any atom is 0.191 e. The van der Waals surface area contributed by atoms with Crippen molar-refractivity contribution >= 4 is 29.9 Å². The van der Waals surface area contributed by atoms with E-state index in [9.17, 15) is 0 Å². The van der Waals surface area contributed by atoms with Crippen molar-refractivity contribution in [1.29, 1.82) is 0 Å². The SMILES string of the molecule is CN=C(NCc1cccc(CN2CCCCCC2)c1)NC1CC=CC1.I. The number of rotatable bonds is 5. The van der Waals surface area contributed by atoms with Crippen LogP contribution in [-0.2, 0) is 13.1 Å². The first-order chi connectivity index (χ1) is 12.3. The Morgan fingerprint density at radius 3 is 2.46 bits per heavy atom. The van der Waals surface area contributed by atoms with Crippen molar-refractivity contribution in [2.45, 2.75) is 57.7 Å². The smallest absolute Gasteiger partial charge is 0.191 e. The maximum absolute atomic E-state index is 4.35. The molecule has 3 rings (SSSR count). The summed E-state index contributed by atoms with van der Waals surface area (Å²) >= 11 is 0. The topological polar surface area (TPSA) is 39.7 Å². The lowest BCUT2D eigenvalue weighted by atomic mass is 10.1. The number of aliphatic imine (C=N–C) groups is 1. The molecule has 1 aromatic carbocycles. The number of guanidine groups is 1. The third-order valence-electron chi connectivity index (χ3n) is 5.13. The van der Waals surface area contributed by atoms with E-state index in [2.05, 4.69) is 56.9 Å². The fourth-order valence-corrected chi connectivity index (χ4v) is 3.70. The second kappa shape index (κ2) is 11.6. The minimum absolute atomic E-state index is 0. The first kappa shape index (κ1) is 21.2. The third-order valence-corrected chi connectivity index (χ3v) is 5.13. The van der Waals surface area contributed by atoms with E-state index < -0.39 is 0 Å². The van der Waals surface area contributed by atoms with Crippen LogP contribution in [0.5, 0.6) is 0 Å². The van der Waals surface area contributed by atoms with E-state index in [4.69, 9.17) is 0 Å². The molecule has 4 nitrogen and oxygen atoms in total. The number of benzene rings is 1. The molecule has 0 radical (unpaired) electrons. The Labute approximate surface area is 175 Å². The van der Waals surface area contributed by atoms with Gasteiger partial charge in [-0.1, -0.05) is 49.3 Å². The highest BCUT2D eigenvalue weighted by Crippen LogP contribution is 2.14. The van der Waals surface area contributed by atoms with Crippen LogP contribution in [0.3, 0.4) is 0 Å². The molecule has 0 saturated carbocycles. The van der Waals surface area contributed by atoms with Crippen LogP contribution in [0.2, 0.25) is 0 Å². The first-order valence-electron chi connectivity index (χ1n) is 9.76. The van der Waals surface area contributed by atoms with Crippen LogP contribution in [0.1, 0.15) is 49.7 Å². The highest BCUT2D eigenvalue weighted by atomic mass is 127. The van der Waals surface area contributed by atoms with Crippen molar-refractivity contribution in [3.8, 4) is 0 Å². The zero-order valence-corrected chi connectivity index (χ0v) is 18.2. The molecule has 1 aromatic rings. The van der Waals surface area contributed by atoms with Crippen molar-refractivity contribution < 1.29 is 0 Å². The summed E-state index contributed by atoms with van der Waals surface area (Å²) in [5, 5.41) is 6.94. The van der Waals surface area contributed by atoms with Crippen molar-refractivity contribution in [3.05, 3.63) is 47.5 Å². The molecule has 1 aliphatic carbocycles. The number of likely N-dealkylation sites (tertiary alicyclic amines) is 1. The predicted molar refractivity (Wildman–Crippen MR) is 121 cm³/mol. The summed E-state index contributed by atoms with van der Waals surface area (Å²) < 4.78 is 0. The normalized spacial score (nSPS) is 19.0. The van der Waals surface area contributed by atoms with Crippen LogP contribution in [0, 0.1) is 0 Å². The molecule has 2 aliphatic rings. The predicted octanol–water partition coefficient (Wildman–Crippen LogP) is 4.06. The molecule has 26 heavy (non-hydrogen) atoms. The minimum atomic E-state index is 0. The molecule has 2 N–H and O–H groups in total. The summed E-state index contributed by atoms with van der Waals surface area (Å²) in [6.45, 7) is 4.38. The fourth-order valence-electron chi connectivity index (χ4n) is 3.70. The van der Waals surface area contributed by atoms with Gasteiger partial charge >= 0.3 is 0 Å². The summed E-state index contributed by atoms with van der Waals surface area (Å²) in [5.74, 6) is 0.895. The largest absolute Gasteiger partial charge is 0.353 e. The third kappa shape index (κ3) is 6.91. The van der Waals surface area contributed by atoms with Gasteiger partial charge in [0.25, 0.3) is 0 Å². The molecule has 1 saturated heterocycles. The monoisotopic (exact) mass is 468 g/mol. The molecule has 1 aliphatic heterocycles. The van der Waals surface area contributed by atoms with Gasteiger partial charge in [0.15, 0.2) is 5.96 Å². The molecule has 0 unspecified atom stereocenters. The summed E-state index contributed by atoms with van der Waals surface area (Å²) in [5.41, 5.74) is 2.74. The van der Waals surface area contributed by atoms with E-state index in [-0.39, 0.29) is 24.0 Å². The fraction of sp³-hybridized carbons (Fsp3) is 0.571. The van der Waals surface area contributed by atoms with Crippen LogP contribution in [0.25, 0.3) is 0 Å². The van der Waals surface area contributed by atoms with Crippen molar-refractivity contribution in [2.75, 3.05) is 20.1 Å². The van der Waals surface area contributed by atoms with E-state index in [1.807, 2.05) is 7.05 Å². The Kier molecular flexibility index (Phi) is 9.46. The highest BCUT2D eigenvalue weighted by Gasteiger charge is 2.12. The van der Waals surface area contributed by atoms with Crippen LogP contribution in [-0.4, -0.2) is 37.0 Å². The van der Waals surface area contributed by atoms with Crippen LogP contribution in [0.4, 0.5) is 0 Å². The van der Waals surface area contributed by atoms with Crippen LogP contribution in [0.15, 0.2) is 41.4 Å². The van der Waals surface area contributed by atoms with Crippen molar-refractivity contribution in [2.24, 2.45) is 4.99 Å². The lowest BCUT2D eigenvalue weighted by Gasteiger charge is -2.20. The van der Waals surface area contributed by atoms with E-state index >= 15 is 0 Å². The van der Waals surface area contributed by atoms with Crippen LogP contribution < -0.4 is 10.6 Å². The molecular formula is C21H33IN4. The number of nitrogens with one attached hydrogen (secondary N) is 2. The summed E-state index contributed by atoms with van der Waals surface area (Å²) in [6.07, 6.45) is 12.1. The van der Waals surface area contributed by atoms with Crippen molar-refractivity contribution in [3.63, 3.8) is 0 Å². The van der Waals surface area contributed by atoms with E-state index in [1.165, 1.54) is 49.9 Å². The minimum Gasteiger partial charge on any atom is -0.353 e. The molecule has 1 fully saturated rings. The van der Waals surface area contributed by atoms with Gasteiger partial charge in [-0.05, 0) is 49.9 Å². The molecule has 1 heterocycles. The second-order valence-electron chi connectivity index (χ2n) is 7.22. The lowest BCUT2D eigenvalue weighted by Crippen LogP contribution is -2.42. The summed E-state index contributed by atoms with van der Waals surface area (Å²) in [4.78, 5) is 6.96. The quantitative estimate of drug-likeness (QED) is 0.296. The molecule has 0 amide bonds. The first-order valence-corrected chi connectivity index (χ1v) is 9.76. The van der Waals surface area contributed by atoms with E-state index in [0.29, 0.717) is 6.04 Å². The van der Waals surface area contributed by atoms with Crippen molar-refractivity contribution in [1.82, 2.24) is 15.5 Å². The Hall–Kier alpha value is -1.08. The highest BCUT2D eigenvalue weighted by molar-refractivity contribution is 14.0. The van der Waals surface area contributed by atoms with Gasteiger partial charge in [-0.2, -0.15) is 0 Å². The number of hydrogen-bond acceptors (Lipinski definition) is 2. The number of nitrogens with zero attached hydrogens (tertiary/aromatic N) is 2. The summed E-state index contributed by atoms with van der Waals surface area (Å²) in [6, 6.07) is 9.46. The Morgan fingerprint density at radius 2 is 1.77 bits per heavy atom. The molecule has 0 bridgehead atoms.